The van der Waals surface area contributed by atoms with Crippen molar-refractivity contribution in [3.8, 4) is 6.07 Å². The van der Waals surface area contributed by atoms with Crippen LogP contribution in [0.3, 0.4) is 0 Å². The number of benzene rings is 1. The van der Waals surface area contributed by atoms with E-state index >= 15 is 0 Å². The molecular weight excluding hydrogens is 200 g/mol. The highest BCUT2D eigenvalue weighted by Gasteiger charge is 2.25. The zero-order valence-electron chi connectivity index (χ0n) is 9.40. The van der Waals surface area contributed by atoms with E-state index in [9.17, 15) is 5.11 Å². The van der Waals surface area contributed by atoms with Crippen molar-refractivity contribution in [2.45, 2.75) is 38.3 Å². The van der Waals surface area contributed by atoms with E-state index < -0.39 is 0 Å². The number of aryl methyl sites for hydroxylation is 1. The Balaban J connectivity index is 2.21. The van der Waals surface area contributed by atoms with Crippen LogP contribution in [0.15, 0.2) is 18.2 Å². The van der Waals surface area contributed by atoms with E-state index in [1.165, 1.54) is 0 Å². The fourth-order valence-electron chi connectivity index (χ4n) is 2.25. The van der Waals surface area contributed by atoms with Crippen molar-refractivity contribution in [3.05, 3.63) is 29.3 Å². The van der Waals surface area contributed by atoms with Crippen molar-refractivity contribution in [1.82, 2.24) is 0 Å². The lowest BCUT2D eigenvalue weighted by Gasteiger charge is -2.19. The summed E-state index contributed by atoms with van der Waals surface area (Å²) in [5.74, 6) is 0. The average Bonchev–Trinajstić information content (AvgIpc) is 2.65. The van der Waals surface area contributed by atoms with Crippen molar-refractivity contribution >= 4 is 5.69 Å². The molecule has 84 valence electrons. The van der Waals surface area contributed by atoms with Crippen molar-refractivity contribution in [3.63, 3.8) is 0 Å². The van der Waals surface area contributed by atoms with Crippen LogP contribution in [0.1, 0.15) is 30.4 Å². The van der Waals surface area contributed by atoms with Crippen LogP contribution in [-0.2, 0) is 0 Å². The lowest BCUT2D eigenvalue weighted by Crippen LogP contribution is -2.28. The monoisotopic (exact) mass is 216 g/mol. The molecule has 0 radical (unpaired) electrons. The highest BCUT2D eigenvalue weighted by atomic mass is 16.3. The van der Waals surface area contributed by atoms with Gasteiger partial charge in [0.1, 0.15) is 6.07 Å². The minimum Gasteiger partial charge on any atom is -0.391 e. The molecule has 3 nitrogen and oxygen atoms in total. The molecule has 2 rings (SSSR count). The molecule has 16 heavy (non-hydrogen) atoms. The van der Waals surface area contributed by atoms with Gasteiger partial charge in [-0.1, -0.05) is 12.1 Å². The first-order valence-electron chi connectivity index (χ1n) is 5.66. The van der Waals surface area contributed by atoms with Gasteiger partial charge < -0.3 is 10.4 Å². The number of aliphatic hydroxyl groups is 1. The van der Waals surface area contributed by atoms with Gasteiger partial charge in [0.25, 0.3) is 0 Å². The fourth-order valence-corrected chi connectivity index (χ4v) is 2.25. The largest absolute Gasteiger partial charge is 0.391 e. The molecule has 0 bridgehead atoms. The number of hydrogen-bond donors (Lipinski definition) is 2. The molecule has 0 spiro atoms. The second-order valence-electron chi connectivity index (χ2n) is 4.36. The molecule has 3 heteroatoms. The average molecular weight is 216 g/mol. The Morgan fingerprint density at radius 3 is 2.88 bits per heavy atom. The van der Waals surface area contributed by atoms with Gasteiger partial charge in [-0.2, -0.15) is 5.26 Å². The highest BCUT2D eigenvalue weighted by molar-refractivity contribution is 5.61. The van der Waals surface area contributed by atoms with Crippen molar-refractivity contribution < 1.29 is 5.11 Å². The first kappa shape index (κ1) is 11.0. The third kappa shape index (κ3) is 2.02. The van der Waals surface area contributed by atoms with Crippen LogP contribution >= 0.6 is 0 Å². The molecule has 0 unspecified atom stereocenters. The molecule has 0 amide bonds. The minimum absolute atomic E-state index is 0.0916. The smallest absolute Gasteiger partial charge is 0.102 e. The molecule has 1 aliphatic rings. The Labute approximate surface area is 95.7 Å². The maximum Gasteiger partial charge on any atom is 0.102 e. The Morgan fingerprint density at radius 1 is 1.44 bits per heavy atom. The van der Waals surface area contributed by atoms with Gasteiger partial charge in [-0.25, -0.2) is 0 Å². The molecule has 1 aromatic rings. The number of hydrogen-bond acceptors (Lipinski definition) is 3. The van der Waals surface area contributed by atoms with Crippen LogP contribution in [0.2, 0.25) is 0 Å². The van der Waals surface area contributed by atoms with E-state index in [0.717, 1.165) is 30.5 Å². The van der Waals surface area contributed by atoms with Crippen LogP contribution < -0.4 is 5.32 Å². The van der Waals surface area contributed by atoms with Gasteiger partial charge in [0.15, 0.2) is 0 Å². The second-order valence-corrected chi connectivity index (χ2v) is 4.36. The van der Waals surface area contributed by atoms with E-state index in [1.54, 1.807) is 0 Å². The zero-order chi connectivity index (χ0) is 11.5. The standard InChI is InChI=1S/C13H16N2O/c1-9-4-2-5-11(10(9)8-14)15-12-6-3-7-13(12)16/h2,4-5,12-13,15-16H,3,6-7H2,1H3/t12-,13-/m1/s1. The third-order valence-electron chi connectivity index (χ3n) is 3.20. The maximum atomic E-state index is 9.74. The summed E-state index contributed by atoms with van der Waals surface area (Å²) < 4.78 is 0. The fraction of sp³-hybridized carbons (Fsp3) is 0.462. The van der Waals surface area contributed by atoms with Gasteiger partial charge in [0.2, 0.25) is 0 Å². The van der Waals surface area contributed by atoms with E-state index in [-0.39, 0.29) is 12.1 Å². The molecule has 2 N–H and O–H groups in total. The predicted octanol–water partition coefficient (Wildman–Crippen LogP) is 2.19. The van der Waals surface area contributed by atoms with Gasteiger partial charge in [-0.05, 0) is 37.8 Å². The van der Waals surface area contributed by atoms with E-state index in [0.29, 0.717) is 5.56 Å². The summed E-state index contributed by atoms with van der Waals surface area (Å²) in [5.41, 5.74) is 2.50. The number of aliphatic hydroxyl groups excluding tert-OH is 1. The van der Waals surface area contributed by atoms with Gasteiger partial charge in [-0.3, -0.25) is 0 Å². The van der Waals surface area contributed by atoms with Gasteiger partial charge in [0, 0.05) is 0 Å². The van der Waals surface area contributed by atoms with E-state index in [1.807, 2.05) is 25.1 Å². The van der Waals surface area contributed by atoms with Gasteiger partial charge in [0.05, 0.1) is 23.4 Å². The molecule has 0 aliphatic heterocycles. The van der Waals surface area contributed by atoms with Crippen LogP contribution in [0.4, 0.5) is 5.69 Å². The van der Waals surface area contributed by atoms with Crippen LogP contribution in [0.25, 0.3) is 0 Å². The van der Waals surface area contributed by atoms with Crippen LogP contribution in [0.5, 0.6) is 0 Å². The molecule has 1 aliphatic carbocycles. The SMILES string of the molecule is Cc1cccc(N[C@@H]2CCC[C@H]2O)c1C#N. The van der Waals surface area contributed by atoms with Crippen molar-refractivity contribution in [2.75, 3.05) is 5.32 Å². The lowest BCUT2D eigenvalue weighted by molar-refractivity contribution is 0.172. The summed E-state index contributed by atoms with van der Waals surface area (Å²) in [5, 5.41) is 22.1. The summed E-state index contributed by atoms with van der Waals surface area (Å²) in [7, 11) is 0. The number of nitriles is 1. The molecule has 1 saturated carbocycles. The van der Waals surface area contributed by atoms with Gasteiger partial charge in [-0.15, -0.1) is 0 Å². The number of nitrogens with zero attached hydrogens (tertiary/aromatic N) is 1. The second kappa shape index (κ2) is 4.54. The molecule has 1 fully saturated rings. The normalized spacial score (nSPS) is 24.1. The molecule has 0 aromatic heterocycles. The van der Waals surface area contributed by atoms with Crippen molar-refractivity contribution in [2.24, 2.45) is 0 Å². The van der Waals surface area contributed by atoms with Crippen molar-refractivity contribution in [1.29, 1.82) is 5.26 Å². The predicted molar refractivity (Wildman–Crippen MR) is 63.2 cm³/mol. The third-order valence-corrected chi connectivity index (χ3v) is 3.20. The number of nitrogens with one attached hydrogen (secondary N) is 1. The van der Waals surface area contributed by atoms with Gasteiger partial charge >= 0.3 is 0 Å². The Kier molecular flexibility index (Phi) is 3.12. The minimum atomic E-state index is -0.285. The summed E-state index contributed by atoms with van der Waals surface area (Å²) in [6.45, 7) is 1.93. The maximum absolute atomic E-state index is 9.74. The highest BCUT2D eigenvalue weighted by Crippen LogP contribution is 2.25. The van der Waals surface area contributed by atoms with Crippen LogP contribution in [-0.4, -0.2) is 17.3 Å². The quantitative estimate of drug-likeness (QED) is 0.796. The molecule has 1 aromatic carbocycles. The summed E-state index contributed by atoms with van der Waals surface area (Å²) in [4.78, 5) is 0. The Bertz CT molecular complexity index is 422. The molecule has 0 saturated heterocycles. The molecular formula is C13H16N2O. The topological polar surface area (TPSA) is 56.0 Å². The van der Waals surface area contributed by atoms with E-state index in [4.69, 9.17) is 5.26 Å². The first-order valence-corrected chi connectivity index (χ1v) is 5.66. The summed E-state index contributed by atoms with van der Waals surface area (Å²) in [6.07, 6.45) is 2.59. The Morgan fingerprint density at radius 2 is 2.25 bits per heavy atom. The lowest BCUT2D eigenvalue weighted by atomic mass is 10.1. The first-order chi connectivity index (χ1) is 7.72. The molecule has 0 heterocycles. The number of rotatable bonds is 2. The molecule has 2 atom stereocenters. The summed E-state index contributed by atoms with van der Waals surface area (Å²) in [6, 6.07) is 8.06. The number of anilines is 1. The van der Waals surface area contributed by atoms with Crippen LogP contribution in [0, 0.1) is 18.3 Å². The zero-order valence-corrected chi connectivity index (χ0v) is 9.40. The van der Waals surface area contributed by atoms with E-state index in [2.05, 4.69) is 11.4 Å². The Hall–Kier alpha value is -1.53. The summed E-state index contributed by atoms with van der Waals surface area (Å²) >= 11 is 0.